The van der Waals surface area contributed by atoms with Crippen LogP contribution >= 0.6 is 0 Å². The fraction of sp³-hybridized carbons (Fsp3) is 1.00. The van der Waals surface area contributed by atoms with Crippen LogP contribution in [0, 0.1) is 5.92 Å². The van der Waals surface area contributed by atoms with Crippen LogP contribution in [0.5, 0.6) is 0 Å². The molecule has 2 aliphatic heterocycles. The van der Waals surface area contributed by atoms with Gasteiger partial charge in [-0.1, -0.05) is 6.92 Å². The lowest BCUT2D eigenvalue weighted by molar-refractivity contribution is 0.0998. The molecule has 1 N–H and O–H groups in total. The van der Waals surface area contributed by atoms with Crippen molar-refractivity contribution in [1.82, 2.24) is 4.90 Å². The van der Waals surface area contributed by atoms with Gasteiger partial charge in [-0.15, -0.1) is 0 Å². The molecule has 0 amide bonds. The molecule has 0 aromatic carbocycles. The van der Waals surface area contributed by atoms with Crippen molar-refractivity contribution < 1.29 is 5.11 Å². The SMILES string of the molecule is C[C@H]1CN2CCC[C@]2(CO)C1. The second kappa shape index (κ2) is 2.46. The summed E-state index contributed by atoms with van der Waals surface area (Å²) in [6.07, 6.45) is 3.71. The van der Waals surface area contributed by atoms with Gasteiger partial charge in [-0.25, -0.2) is 0 Å². The van der Waals surface area contributed by atoms with Gasteiger partial charge in [-0.05, 0) is 31.7 Å². The summed E-state index contributed by atoms with van der Waals surface area (Å²) >= 11 is 0. The summed E-state index contributed by atoms with van der Waals surface area (Å²) in [5.74, 6) is 0.794. The van der Waals surface area contributed by atoms with Gasteiger partial charge in [0.2, 0.25) is 0 Å². The van der Waals surface area contributed by atoms with E-state index in [1.54, 1.807) is 0 Å². The van der Waals surface area contributed by atoms with Crippen LogP contribution < -0.4 is 0 Å². The third kappa shape index (κ3) is 1.00. The molecule has 2 heterocycles. The molecular formula is C9H17NO. The summed E-state index contributed by atoms with van der Waals surface area (Å²) < 4.78 is 0. The first-order chi connectivity index (χ1) is 5.27. The zero-order valence-corrected chi connectivity index (χ0v) is 7.21. The molecule has 11 heavy (non-hydrogen) atoms. The van der Waals surface area contributed by atoms with Crippen molar-refractivity contribution in [3.05, 3.63) is 0 Å². The minimum atomic E-state index is 0.208. The number of hydrogen-bond donors (Lipinski definition) is 1. The number of aliphatic hydroxyl groups is 1. The van der Waals surface area contributed by atoms with Gasteiger partial charge < -0.3 is 5.11 Å². The third-order valence-corrected chi connectivity index (χ3v) is 3.30. The van der Waals surface area contributed by atoms with Crippen LogP contribution in [0.1, 0.15) is 26.2 Å². The van der Waals surface area contributed by atoms with Crippen molar-refractivity contribution in [2.24, 2.45) is 5.92 Å². The maximum absolute atomic E-state index is 9.30. The summed E-state index contributed by atoms with van der Waals surface area (Å²) in [5, 5.41) is 9.30. The predicted molar refractivity (Wildman–Crippen MR) is 44.4 cm³/mol. The predicted octanol–water partition coefficient (Wildman–Crippen LogP) is 0.853. The lowest BCUT2D eigenvalue weighted by atomic mass is 9.92. The maximum Gasteiger partial charge on any atom is 0.0615 e. The highest BCUT2D eigenvalue weighted by atomic mass is 16.3. The van der Waals surface area contributed by atoms with Gasteiger partial charge in [-0.3, -0.25) is 4.90 Å². The second-order valence-electron chi connectivity index (χ2n) is 4.24. The van der Waals surface area contributed by atoms with Gasteiger partial charge in [0, 0.05) is 12.1 Å². The standard InChI is InChI=1S/C9H17NO/c1-8-5-9(7-11)3-2-4-10(9)6-8/h8,11H,2-7H2,1H3/t8-,9-/m1/s1. The molecule has 2 rings (SSSR count). The van der Waals surface area contributed by atoms with E-state index in [1.807, 2.05) is 0 Å². The van der Waals surface area contributed by atoms with Crippen molar-refractivity contribution in [2.75, 3.05) is 19.7 Å². The Bertz CT molecular complexity index is 160. The molecule has 0 spiro atoms. The van der Waals surface area contributed by atoms with E-state index in [4.69, 9.17) is 0 Å². The van der Waals surface area contributed by atoms with Crippen LogP contribution in [-0.4, -0.2) is 35.2 Å². The molecule has 2 saturated heterocycles. The van der Waals surface area contributed by atoms with Crippen molar-refractivity contribution in [3.63, 3.8) is 0 Å². The van der Waals surface area contributed by atoms with Gasteiger partial charge in [0.15, 0.2) is 0 Å². The lowest BCUT2D eigenvalue weighted by Gasteiger charge is -2.29. The fourth-order valence-electron chi connectivity index (χ4n) is 2.84. The van der Waals surface area contributed by atoms with E-state index >= 15 is 0 Å². The van der Waals surface area contributed by atoms with Crippen molar-refractivity contribution in [1.29, 1.82) is 0 Å². The fourth-order valence-corrected chi connectivity index (χ4v) is 2.84. The molecular weight excluding hydrogens is 138 g/mol. The first-order valence-electron chi connectivity index (χ1n) is 4.63. The lowest BCUT2D eigenvalue weighted by Crippen LogP contribution is -2.41. The largest absolute Gasteiger partial charge is 0.394 e. The van der Waals surface area contributed by atoms with Crippen molar-refractivity contribution in [2.45, 2.75) is 31.7 Å². The van der Waals surface area contributed by atoms with Crippen molar-refractivity contribution >= 4 is 0 Å². The normalized spacial score (nSPS) is 44.7. The summed E-state index contributed by atoms with van der Waals surface area (Å²) in [6, 6.07) is 0. The quantitative estimate of drug-likeness (QED) is 0.607. The van der Waals surface area contributed by atoms with Crippen LogP contribution in [0.4, 0.5) is 0 Å². The van der Waals surface area contributed by atoms with E-state index in [-0.39, 0.29) is 5.54 Å². The number of nitrogens with zero attached hydrogens (tertiary/aromatic N) is 1. The van der Waals surface area contributed by atoms with E-state index in [1.165, 1.54) is 32.4 Å². The Balaban J connectivity index is 2.15. The molecule has 0 aliphatic carbocycles. The van der Waals surface area contributed by atoms with Gasteiger partial charge in [0.25, 0.3) is 0 Å². The second-order valence-corrected chi connectivity index (χ2v) is 4.24. The number of aliphatic hydroxyl groups excluding tert-OH is 1. The Labute approximate surface area is 68.2 Å². The van der Waals surface area contributed by atoms with Crippen LogP contribution in [0.3, 0.4) is 0 Å². The number of hydrogen-bond acceptors (Lipinski definition) is 2. The summed E-state index contributed by atoms with van der Waals surface area (Å²) in [7, 11) is 0. The van der Waals surface area contributed by atoms with E-state index in [0.717, 1.165) is 5.92 Å². The van der Waals surface area contributed by atoms with Gasteiger partial charge in [-0.2, -0.15) is 0 Å². The molecule has 0 radical (unpaired) electrons. The van der Waals surface area contributed by atoms with Crippen LogP contribution in [0.2, 0.25) is 0 Å². The molecule has 2 heteroatoms. The molecule has 0 unspecified atom stereocenters. The smallest absolute Gasteiger partial charge is 0.0615 e. The zero-order valence-electron chi connectivity index (χ0n) is 7.21. The average molecular weight is 155 g/mol. The first-order valence-corrected chi connectivity index (χ1v) is 4.63. The highest BCUT2D eigenvalue weighted by molar-refractivity contribution is 5.01. The highest BCUT2D eigenvalue weighted by Crippen LogP contribution is 2.40. The minimum absolute atomic E-state index is 0.208. The topological polar surface area (TPSA) is 23.5 Å². The Hall–Kier alpha value is -0.0800. The Kier molecular flexibility index (Phi) is 1.69. The molecule has 64 valence electrons. The molecule has 2 atom stereocenters. The molecule has 0 aromatic heterocycles. The summed E-state index contributed by atoms with van der Waals surface area (Å²) in [5.41, 5.74) is 0.208. The van der Waals surface area contributed by atoms with Crippen LogP contribution in [-0.2, 0) is 0 Å². The van der Waals surface area contributed by atoms with E-state index in [2.05, 4.69) is 11.8 Å². The third-order valence-electron chi connectivity index (χ3n) is 3.30. The molecule has 2 nitrogen and oxygen atoms in total. The first kappa shape index (κ1) is 7.56. The molecule has 0 saturated carbocycles. The van der Waals surface area contributed by atoms with E-state index in [0.29, 0.717) is 6.61 Å². The zero-order chi connectivity index (χ0) is 7.90. The molecule has 2 fully saturated rings. The number of fused-ring (bicyclic) bond motifs is 1. The van der Waals surface area contributed by atoms with Gasteiger partial charge >= 0.3 is 0 Å². The van der Waals surface area contributed by atoms with E-state index < -0.39 is 0 Å². The van der Waals surface area contributed by atoms with Gasteiger partial charge in [0.05, 0.1) is 6.61 Å². The Morgan fingerprint density at radius 1 is 1.64 bits per heavy atom. The Morgan fingerprint density at radius 2 is 2.45 bits per heavy atom. The van der Waals surface area contributed by atoms with E-state index in [9.17, 15) is 5.11 Å². The monoisotopic (exact) mass is 155 g/mol. The summed E-state index contributed by atoms with van der Waals surface area (Å²) in [6.45, 7) is 5.08. The maximum atomic E-state index is 9.30. The van der Waals surface area contributed by atoms with Crippen LogP contribution in [0.15, 0.2) is 0 Å². The van der Waals surface area contributed by atoms with Gasteiger partial charge in [0.1, 0.15) is 0 Å². The summed E-state index contributed by atoms with van der Waals surface area (Å²) in [4.78, 5) is 2.48. The Morgan fingerprint density at radius 3 is 3.09 bits per heavy atom. The number of rotatable bonds is 1. The molecule has 2 aliphatic rings. The van der Waals surface area contributed by atoms with Crippen LogP contribution in [0.25, 0.3) is 0 Å². The molecule has 0 bridgehead atoms. The highest BCUT2D eigenvalue weighted by Gasteiger charge is 2.46. The van der Waals surface area contributed by atoms with Crippen molar-refractivity contribution in [3.8, 4) is 0 Å². The minimum Gasteiger partial charge on any atom is -0.394 e. The average Bonchev–Trinajstić information content (AvgIpc) is 2.43. The molecule has 0 aromatic rings.